The molecule has 88 valence electrons. The van der Waals surface area contributed by atoms with Crippen molar-refractivity contribution in [1.82, 2.24) is 15.0 Å². The van der Waals surface area contributed by atoms with Crippen molar-refractivity contribution in [2.24, 2.45) is 7.05 Å². The van der Waals surface area contributed by atoms with E-state index in [1.54, 1.807) is 7.05 Å². The van der Waals surface area contributed by atoms with Gasteiger partial charge in [0.15, 0.2) is 4.60 Å². The summed E-state index contributed by atoms with van der Waals surface area (Å²) in [5, 5.41) is 7.45. The number of ketones is 1. The Hall–Kier alpha value is -1.27. The fourth-order valence-electron chi connectivity index (χ4n) is 1.37. The van der Waals surface area contributed by atoms with Crippen LogP contribution in [0.5, 0.6) is 0 Å². The summed E-state index contributed by atoms with van der Waals surface area (Å²) in [5.74, 6) is -0.858. The summed E-state index contributed by atoms with van der Waals surface area (Å²) in [6.07, 6.45) is 0. The van der Waals surface area contributed by atoms with Gasteiger partial charge in [-0.25, -0.2) is 9.07 Å². The fourth-order valence-corrected chi connectivity index (χ4v) is 2.13. The molecular formula is C10H6BrClFN3O. The zero-order valence-electron chi connectivity index (χ0n) is 8.62. The standard InChI is InChI=1S/C10H6BrClFN3O/c1-16-8(10(11)14-15-16)9(17)6-3-2-5(13)4-7(6)12/h2-4H,1H3. The second-order valence-electron chi connectivity index (χ2n) is 3.31. The van der Waals surface area contributed by atoms with E-state index in [1.807, 2.05) is 0 Å². The van der Waals surface area contributed by atoms with Crippen LogP contribution in [0.2, 0.25) is 5.02 Å². The summed E-state index contributed by atoms with van der Waals surface area (Å²) < 4.78 is 14.5. The molecule has 1 aromatic heterocycles. The maximum atomic E-state index is 12.9. The Morgan fingerprint density at radius 1 is 1.53 bits per heavy atom. The number of benzene rings is 1. The number of carbonyl (C=O) groups excluding carboxylic acids is 1. The molecule has 0 atom stereocenters. The van der Waals surface area contributed by atoms with Crippen LogP contribution in [0.4, 0.5) is 4.39 Å². The first-order chi connectivity index (χ1) is 8.00. The molecule has 17 heavy (non-hydrogen) atoms. The third-order valence-corrected chi connectivity index (χ3v) is 3.02. The minimum atomic E-state index is -0.492. The van der Waals surface area contributed by atoms with Crippen LogP contribution >= 0.6 is 27.5 Å². The Kier molecular flexibility index (Phi) is 3.26. The number of hydrogen-bond donors (Lipinski definition) is 0. The number of carbonyl (C=O) groups is 1. The smallest absolute Gasteiger partial charge is 0.215 e. The molecule has 0 fully saturated rings. The van der Waals surface area contributed by atoms with Gasteiger partial charge in [0, 0.05) is 12.6 Å². The molecule has 0 aliphatic carbocycles. The molecule has 0 saturated heterocycles. The Bertz CT molecular complexity index is 580. The number of aromatic nitrogens is 3. The molecule has 0 spiro atoms. The van der Waals surface area contributed by atoms with Crippen LogP contribution in [-0.2, 0) is 7.05 Å². The lowest BCUT2D eigenvalue weighted by molar-refractivity contribution is 0.102. The summed E-state index contributed by atoms with van der Waals surface area (Å²) in [6, 6.07) is 3.60. The minimum Gasteiger partial charge on any atom is -0.287 e. The molecule has 4 nitrogen and oxygen atoms in total. The van der Waals surface area contributed by atoms with Gasteiger partial charge < -0.3 is 0 Å². The van der Waals surface area contributed by atoms with Gasteiger partial charge >= 0.3 is 0 Å². The summed E-state index contributed by atoms with van der Waals surface area (Å²) in [4.78, 5) is 12.1. The average molecular weight is 319 g/mol. The van der Waals surface area contributed by atoms with Crippen LogP contribution in [0.3, 0.4) is 0 Å². The van der Waals surface area contributed by atoms with Crippen LogP contribution in [0.15, 0.2) is 22.8 Å². The Labute approximate surface area is 110 Å². The van der Waals surface area contributed by atoms with Gasteiger partial charge in [0.2, 0.25) is 5.78 Å². The molecule has 0 amide bonds. The molecule has 2 aromatic rings. The predicted octanol–water partition coefficient (Wildman–Crippen LogP) is 2.60. The highest BCUT2D eigenvalue weighted by atomic mass is 79.9. The molecule has 1 aromatic carbocycles. The van der Waals surface area contributed by atoms with Gasteiger partial charge in [0.05, 0.1) is 5.02 Å². The SMILES string of the molecule is Cn1nnc(Br)c1C(=O)c1ccc(F)cc1Cl. The van der Waals surface area contributed by atoms with Crippen LogP contribution in [-0.4, -0.2) is 20.8 Å². The van der Waals surface area contributed by atoms with Gasteiger partial charge in [-0.2, -0.15) is 0 Å². The van der Waals surface area contributed by atoms with E-state index in [1.165, 1.54) is 16.8 Å². The molecule has 0 unspecified atom stereocenters. The van der Waals surface area contributed by atoms with Crippen LogP contribution in [0.1, 0.15) is 16.1 Å². The van der Waals surface area contributed by atoms with Gasteiger partial charge in [0.25, 0.3) is 0 Å². The summed E-state index contributed by atoms with van der Waals surface area (Å²) in [5.41, 5.74) is 0.470. The number of halogens is 3. The second-order valence-corrected chi connectivity index (χ2v) is 4.46. The predicted molar refractivity (Wildman–Crippen MR) is 63.5 cm³/mol. The van der Waals surface area contributed by atoms with Gasteiger partial charge in [0.1, 0.15) is 11.5 Å². The van der Waals surface area contributed by atoms with E-state index in [2.05, 4.69) is 26.2 Å². The topological polar surface area (TPSA) is 47.8 Å². The van der Waals surface area contributed by atoms with Crippen molar-refractivity contribution in [3.05, 3.63) is 44.9 Å². The van der Waals surface area contributed by atoms with Crippen molar-refractivity contribution in [3.63, 3.8) is 0 Å². The van der Waals surface area contributed by atoms with Crippen LogP contribution < -0.4 is 0 Å². The molecule has 0 aliphatic rings. The lowest BCUT2D eigenvalue weighted by Crippen LogP contribution is -2.09. The Balaban J connectivity index is 2.51. The summed E-state index contributed by atoms with van der Waals surface area (Å²) in [6.45, 7) is 0. The Morgan fingerprint density at radius 3 is 2.76 bits per heavy atom. The zero-order chi connectivity index (χ0) is 12.6. The largest absolute Gasteiger partial charge is 0.287 e. The lowest BCUT2D eigenvalue weighted by Gasteiger charge is -2.03. The fraction of sp³-hybridized carbons (Fsp3) is 0.100. The van der Waals surface area contributed by atoms with E-state index in [4.69, 9.17) is 11.6 Å². The van der Waals surface area contributed by atoms with Crippen molar-refractivity contribution in [2.45, 2.75) is 0 Å². The highest BCUT2D eigenvalue weighted by Gasteiger charge is 2.21. The van der Waals surface area contributed by atoms with E-state index in [9.17, 15) is 9.18 Å². The lowest BCUT2D eigenvalue weighted by atomic mass is 10.1. The van der Waals surface area contributed by atoms with Gasteiger partial charge in [-0.05, 0) is 34.1 Å². The average Bonchev–Trinajstić information content (AvgIpc) is 2.58. The summed E-state index contributed by atoms with van der Waals surface area (Å²) in [7, 11) is 1.59. The minimum absolute atomic E-state index is 0.0584. The van der Waals surface area contributed by atoms with E-state index in [-0.39, 0.29) is 22.1 Å². The first-order valence-electron chi connectivity index (χ1n) is 4.55. The first kappa shape index (κ1) is 12.2. The molecule has 0 radical (unpaired) electrons. The molecular weight excluding hydrogens is 312 g/mol. The van der Waals surface area contributed by atoms with E-state index in [0.717, 1.165) is 6.07 Å². The highest BCUT2D eigenvalue weighted by Crippen LogP contribution is 2.23. The molecule has 1 heterocycles. The second kappa shape index (κ2) is 4.54. The van der Waals surface area contributed by atoms with E-state index in [0.29, 0.717) is 4.60 Å². The van der Waals surface area contributed by atoms with Crippen molar-refractivity contribution >= 4 is 33.3 Å². The zero-order valence-corrected chi connectivity index (χ0v) is 11.0. The van der Waals surface area contributed by atoms with E-state index >= 15 is 0 Å². The molecule has 0 aliphatic heterocycles. The molecule has 0 bridgehead atoms. The van der Waals surface area contributed by atoms with Crippen molar-refractivity contribution in [1.29, 1.82) is 0 Å². The Morgan fingerprint density at radius 2 is 2.24 bits per heavy atom. The number of aryl methyl sites for hydroxylation is 1. The highest BCUT2D eigenvalue weighted by molar-refractivity contribution is 9.10. The molecule has 2 rings (SSSR count). The maximum Gasteiger partial charge on any atom is 0.215 e. The van der Waals surface area contributed by atoms with Crippen LogP contribution in [0, 0.1) is 5.82 Å². The van der Waals surface area contributed by atoms with Gasteiger partial charge in [-0.1, -0.05) is 16.8 Å². The van der Waals surface area contributed by atoms with Crippen molar-refractivity contribution < 1.29 is 9.18 Å². The van der Waals surface area contributed by atoms with Gasteiger partial charge in [-0.15, -0.1) is 5.10 Å². The number of hydrogen-bond acceptors (Lipinski definition) is 3. The van der Waals surface area contributed by atoms with Crippen molar-refractivity contribution in [2.75, 3.05) is 0 Å². The molecule has 7 heteroatoms. The third kappa shape index (κ3) is 2.23. The third-order valence-electron chi connectivity index (χ3n) is 2.18. The number of nitrogens with zero attached hydrogens (tertiary/aromatic N) is 3. The monoisotopic (exact) mass is 317 g/mol. The van der Waals surface area contributed by atoms with Crippen molar-refractivity contribution in [3.8, 4) is 0 Å². The quantitative estimate of drug-likeness (QED) is 0.800. The first-order valence-corrected chi connectivity index (χ1v) is 5.72. The number of rotatable bonds is 2. The summed E-state index contributed by atoms with van der Waals surface area (Å²) >= 11 is 8.94. The van der Waals surface area contributed by atoms with Crippen LogP contribution in [0.25, 0.3) is 0 Å². The maximum absolute atomic E-state index is 12.9. The van der Waals surface area contributed by atoms with Gasteiger partial charge in [-0.3, -0.25) is 4.79 Å². The van der Waals surface area contributed by atoms with E-state index < -0.39 is 5.82 Å². The normalized spacial score (nSPS) is 10.6. The molecule has 0 N–H and O–H groups in total. The molecule has 0 saturated carbocycles.